The zero-order chi connectivity index (χ0) is 15.7. The normalized spacial score (nSPS) is 30.6. The average molecular weight is 366 g/mol. The second kappa shape index (κ2) is 6.32. The van der Waals surface area contributed by atoms with Gasteiger partial charge in [0.05, 0.1) is 12.1 Å². The van der Waals surface area contributed by atoms with Crippen molar-refractivity contribution in [3.63, 3.8) is 0 Å². The summed E-state index contributed by atoms with van der Waals surface area (Å²) in [5.41, 5.74) is 1.35. The molecule has 1 spiro atoms. The number of piperidine rings is 1. The van der Waals surface area contributed by atoms with Gasteiger partial charge in [-0.05, 0) is 62.1 Å². The first-order valence-electron chi connectivity index (χ1n) is 8.22. The topological polar surface area (TPSA) is 40.5 Å². The van der Waals surface area contributed by atoms with Gasteiger partial charge in [0.25, 0.3) is 0 Å². The van der Waals surface area contributed by atoms with Crippen LogP contribution in [-0.2, 0) is 4.79 Å². The van der Waals surface area contributed by atoms with Crippen molar-refractivity contribution >= 4 is 21.8 Å². The molecule has 3 rings (SSSR count). The highest BCUT2D eigenvalue weighted by molar-refractivity contribution is 9.10. The molecule has 2 aliphatic rings. The second-order valence-corrected chi connectivity index (χ2v) is 7.89. The molecule has 1 heterocycles. The van der Waals surface area contributed by atoms with Crippen LogP contribution < -0.4 is 0 Å². The standard InChI is InChI=1S/C18H24BrNO2/c1-13(14-2-4-15(19)5-3-14)20-11-10-18(12-17(20)22)8-6-16(21)7-9-18/h2-5,13,16,21H,6-12H2,1H3. The molecule has 22 heavy (non-hydrogen) atoms. The van der Waals surface area contributed by atoms with Gasteiger partial charge in [-0.15, -0.1) is 0 Å². The van der Waals surface area contributed by atoms with Crippen molar-refractivity contribution in [3.05, 3.63) is 34.3 Å². The first-order chi connectivity index (χ1) is 10.5. The highest BCUT2D eigenvalue weighted by Crippen LogP contribution is 2.46. The first kappa shape index (κ1) is 16.0. The number of aliphatic hydroxyl groups is 1. The Kier molecular flexibility index (Phi) is 4.60. The van der Waals surface area contributed by atoms with E-state index in [1.807, 2.05) is 17.0 Å². The summed E-state index contributed by atoms with van der Waals surface area (Å²) < 4.78 is 1.06. The fourth-order valence-electron chi connectivity index (χ4n) is 3.97. The second-order valence-electron chi connectivity index (χ2n) is 6.97. The number of rotatable bonds is 2. The molecule has 1 aromatic rings. The van der Waals surface area contributed by atoms with Gasteiger partial charge in [0.2, 0.25) is 5.91 Å². The maximum atomic E-state index is 12.7. The Labute approximate surface area is 140 Å². The van der Waals surface area contributed by atoms with Crippen molar-refractivity contribution in [1.29, 1.82) is 0 Å². The van der Waals surface area contributed by atoms with Crippen molar-refractivity contribution in [3.8, 4) is 0 Å². The molecule has 0 bridgehead atoms. The number of carbonyl (C=O) groups excluding carboxylic acids is 1. The molecule has 3 nitrogen and oxygen atoms in total. The third-order valence-electron chi connectivity index (χ3n) is 5.57. The van der Waals surface area contributed by atoms with E-state index in [2.05, 4.69) is 35.0 Å². The van der Waals surface area contributed by atoms with Gasteiger partial charge in [-0.25, -0.2) is 0 Å². The molecule has 1 saturated carbocycles. The number of amides is 1. The van der Waals surface area contributed by atoms with Crippen LogP contribution in [-0.4, -0.2) is 28.6 Å². The van der Waals surface area contributed by atoms with Gasteiger partial charge >= 0.3 is 0 Å². The van der Waals surface area contributed by atoms with Crippen LogP contribution in [0.4, 0.5) is 0 Å². The third-order valence-corrected chi connectivity index (χ3v) is 6.09. The van der Waals surface area contributed by atoms with Crippen molar-refractivity contribution in [1.82, 2.24) is 4.90 Å². The number of benzene rings is 1. The molecule has 1 aromatic carbocycles. The van der Waals surface area contributed by atoms with Crippen LogP contribution in [0.2, 0.25) is 0 Å². The Bertz CT molecular complexity index is 535. The Balaban J connectivity index is 1.68. The van der Waals surface area contributed by atoms with Gasteiger partial charge in [-0.2, -0.15) is 0 Å². The minimum Gasteiger partial charge on any atom is -0.393 e. The zero-order valence-corrected chi connectivity index (χ0v) is 14.7. The summed E-state index contributed by atoms with van der Waals surface area (Å²) in [5, 5.41) is 9.70. The summed E-state index contributed by atoms with van der Waals surface area (Å²) in [6.07, 6.45) is 5.29. The van der Waals surface area contributed by atoms with Crippen LogP contribution in [0, 0.1) is 5.41 Å². The summed E-state index contributed by atoms with van der Waals surface area (Å²) >= 11 is 3.45. The Morgan fingerprint density at radius 1 is 1.23 bits per heavy atom. The number of halogens is 1. The van der Waals surface area contributed by atoms with E-state index in [4.69, 9.17) is 0 Å². The van der Waals surface area contributed by atoms with Gasteiger partial charge in [0.1, 0.15) is 0 Å². The quantitative estimate of drug-likeness (QED) is 0.858. The monoisotopic (exact) mass is 365 g/mol. The number of hydrogen-bond acceptors (Lipinski definition) is 2. The highest BCUT2D eigenvalue weighted by atomic mass is 79.9. The lowest BCUT2D eigenvalue weighted by atomic mass is 9.67. The molecular weight excluding hydrogens is 342 g/mol. The van der Waals surface area contributed by atoms with E-state index in [-0.39, 0.29) is 23.5 Å². The van der Waals surface area contributed by atoms with Crippen LogP contribution in [0.15, 0.2) is 28.7 Å². The van der Waals surface area contributed by atoms with Gasteiger partial charge < -0.3 is 10.0 Å². The SMILES string of the molecule is CC(c1ccc(Br)cc1)N1CCC2(CCC(O)CC2)CC1=O. The van der Waals surface area contributed by atoms with E-state index in [0.717, 1.165) is 43.1 Å². The molecule has 1 aliphatic carbocycles. The molecule has 1 N–H and O–H groups in total. The minimum absolute atomic E-state index is 0.132. The summed E-state index contributed by atoms with van der Waals surface area (Å²) in [7, 11) is 0. The molecule has 1 atom stereocenters. The number of likely N-dealkylation sites (tertiary alicyclic amines) is 1. The summed E-state index contributed by atoms with van der Waals surface area (Å²) in [4.78, 5) is 14.7. The Morgan fingerprint density at radius 2 is 1.86 bits per heavy atom. The maximum Gasteiger partial charge on any atom is 0.223 e. The predicted octanol–water partition coefficient (Wildman–Crippen LogP) is 4.05. The smallest absolute Gasteiger partial charge is 0.223 e. The summed E-state index contributed by atoms with van der Waals surface area (Å²) in [6, 6.07) is 8.37. The average Bonchev–Trinajstić information content (AvgIpc) is 2.51. The lowest BCUT2D eigenvalue weighted by Crippen LogP contribution is -2.46. The van der Waals surface area contributed by atoms with E-state index in [0.29, 0.717) is 6.42 Å². The van der Waals surface area contributed by atoms with Gasteiger partial charge in [-0.3, -0.25) is 4.79 Å². The van der Waals surface area contributed by atoms with E-state index in [9.17, 15) is 9.90 Å². The van der Waals surface area contributed by atoms with Crippen molar-refractivity contribution < 1.29 is 9.90 Å². The van der Waals surface area contributed by atoms with Crippen LogP contribution in [0.5, 0.6) is 0 Å². The largest absolute Gasteiger partial charge is 0.393 e. The molecular formula is C18H24BrNO2. The minimum atomic E-state index is -0.152. The molecule has 1 unspecified atom stereocenters. The Hall–Kier alpha value is -0.870. The molecule has 1 amide bonds. The van der Waals surface area contributed by atoms with Crippen molar-refractivity contribution in [2.45, 2.75) is 57.6 Å². The molecule has 1 aliphatic heterocycles. The van der Waals surface area contributed by atoms with Crippen LogP contribution in [0.3, 0.4) is 0 Å². The van der Waals surface area contributed by atoms with Gasteiger partial charge in [-0.1, -0.05) is 28.1 Å². The lowest BCUT2D eigenvalue weighted by molar-refractivity contribution is -0.142. The molecule has 1 saturated heterocycles. The highest BCUT2D eigenvalue weighted by Gasteiger charge is 2.42. The first-order valence-corrected chi connectivity index (χ1v) is 9.01. The van der Waals surface area contributed by atoms with E-state index >= 15 is 0 Å². The maximum absolute atomic E-state index is 12.7. The molecule has 0 radical (unpaired) electrons. The number of aliphatic hydroxyl groups excluding tert-OH is 1. The van der Waals surface area contributed by atoms with E-state index < -0.39 is 0 Å². The fraction of sp³-hybridized carbons (Fsp3) is 0.611. The Morgan fingerprint density at radius 3 is 2.45 bits per heavy atom. The van der Waals surface area contributed by atoms with Crippen LogP contribution in [0.1, 0.15) is 57.1 Å². The fourth-order valence-corrected chi connectivity index (χ4v) is 4.23. The lowest BCUT2D eigenvalue weighted by Gasteiger charge is -2.46. The third kappa shape index (κ3) is 3.23. The zero-order valence-electron chi connectivity index (χ0n) is 13.1. The van der Waals surface area contributed by atoms with Crippen LogP contribution >= 0.6 is 15.9 Å². The predicted molar refractivity (Wildman–Crippen MR) is 90.4 cm³/mol. The van der Waals surface area contributed by atoms with Crippen LogP contribution in [0.25, 0.3) is 0 Å². The molecule has 120 valence electrons. The molecule has 2 fully saturated rings. The van der Waals surface area contributed by atoms with Crippen molar-refractivity contribution in [2.75, 3.05) is 6.54 Å². The van der Waals surface area contributed by atoms with Gasteiger partial charge in [0.15, 0.2) is 0 Å². The van der Waals surface area contributed by atoms with Gasteiger partial charge in [0, 0.05) is 17.4 Å². The number of nitrogens with zero attached hydrogens (tertiary/aromatic N) is 1. The summed E-state index contributed by atoms with van der Waals surface area (Å²) in [6.45, 7) is 2.95. The van der Waals surface area contributed by atoms with E-state index in [1.165, 1.54) is 5.56 Å². The molecule has 0 aromatic heterocycles. The van der Waals surface area contributed by atoms with Crippen molar-refractivity contribution in [2.24, 2.45) is 5.41 Å². The molecule has 4 heteroatoms. The number of hydrogen-bond donors (Lipinski definition) is 1. The summed E-state index contributed by atoms with van der Waals surface area (Å²) in [5.74, 6) is 0.276. The van der Waals surface area contributed by atoms with E-state index in [1.54, 1.807) is 0 Å². The number of carbonyl (C=O) groups is 1.